The molecular formula is C6H12O3S. The van der Waals surface area contributed by atoms with Crippen LogP contribution in [-0.2, 0) is 4.74 Å². The fourth-order valence-corrected chi connectivity index (χ4v) is 1.22. The quantitative estimate of drug-likeness (QED) is 0.420. The SMILES string of the molecule is C[C@H]1OC[C@H](S)[C@@H](O)[C@H]1O. The van der Waals surface area contributed by atoms with Crippen LogP contribution < -0.4 is 0 Å². The molecule has 1 heterocycles. The van der Waals surface area contributed by atoms with Gasteiger partial charge < -0.3 is 14.9 Å². The molecule has 2 N–H and O–H groups in total. The summed E-state index contributed by atoms with van der Waals surface area (Å²) < 4.78 is 5.09. The average Bonchev–Trinajstić information content (AvgIpc) is 1.93. The Labute approximate surface area is 65.4 Å². The monoisotopic (exact) mass is 164 g/mol. The number of aliphatic hydroxyl groups excluding tert-OH is 2. The molecule has 0 aromatic carbocycles. The van der Waals surface area contributed by atoms with Crippen molar-refractivity contribution in [2.45, 2.75) is 30.5 Å². The predicted octanol–water partition coefficient (Wildman–Crippen LogP) is -0.575. The van der Waals surface area contributed by atoms with Crippen molar-refractivity contribution >= 4 is 12.6 Å². The second-order valence-electron chi connectivity index (χ2n) is 2.59. The van der Waals surface area contributed by atoms with Crippen molar-refractivity contribution in [2.24, 2.45) is 0 Å². The summed E-state index contributed by atoms with van der Waals surface area (Å²) in [5.41, 5.74) is 0. The van der Waals surface area contributed by atoms with E-state index in [0.717, 1.165) is 0 Å². The minimum Gasteiger partial charge on any atom is -0.389 e. The smallest absolute Gasteiger partial charge is 0.107 e. The van der Waals surface area contributed by atoms with Crippen LogP contribution in [0.1, 0.15) is 6.92 Å². The molecule has 0 unspecified atom stereocenters. The summed E-state index contributed by atoms with van der Waals surface area (Å²) >= 11 is 4.02. The molecule has 0 aromatic heterocycles. The van der Waals surface area contributed by atoms with Crippen LogP contribution in [0.15, 0.2) is 0 Å². The largest absolute Gasteiger partial charge is 0.389 e. The number of aliphatic hydroxyl groups is 2. The van der Waals surface area contributed by atoms with Gasteiger partial charge in [-0.25, -0.2) is 0 Å². The van der Waals surface area contributed by atoms with Crippen molar-refractivity contribution in [3.8, 4) is 0 Å². The van der Waals surface area contributed by atoms with Gasteiger partial charge in [0.25, 0.3) is 0 Å². The number of ether oxygens (including phenoxy) is 1. The van der Waals surface area contributed by atoms with Crippen LogP contribution in [0, 0.1) is 0 Å². The summed E-state index contributed by atoms with van der Waals surface area (Å²) in [5, 5.41) is 18.1. The lowest BCUT2D eigenvalue weighted by Crippen LogP contribution is -2.49. The van der Waals surface area contributed by atoms with E-state index in [4.69, 9.17) is 4.74 Å². The number of thiol groups is 1. The van der Waals surface area contributed by atoms with Gasteiger partial charge in [0.1, 0.15) is 6.10 Å². The molecule has 1 fully saturated rings. The maximum atomic E-state index is 9.21. The van der Waals surface area contributed by atoms with Gasteiger partial charge in [0.15, 0.2) is 0 Å². The number of hydrogen-bond donors (Lipinski definition) is 3. The molecule has 0 radical (unpaired) electrons. The van der Waals surface area contributed by atoms with Gasteiger partial charge in [-0.3, -0.25) is 0 Å². The molecule has 0 aromatic rings. The highest BCUT2D eigenvalue weighted by molar-refractivity contribution is 7.81. The molecule has 1 saturated heterocycles. The van der Waals surface area contributed by atoms with Crippen LogP contribution in [0.4, 0.5) is 0 Å². The van der Waals surface area contributed by atoms with E-state index < -0.39 is 12.2 Å². The van der Waals surface area contributed by atoms with Crippen molar-refractivity contribution in [3.63, 3.8) is 0 Å². The van der Waals surface area contributed by atoms with E-state index in [1.165, 1.54) is 0 Å². The number of rotatable bonds is 0. The molecule has 3 nitrogen and oxygen atoms in total. The molecule has 60 valence electrons. The molecule has 4 heteroatoms. The van der Waals surface area contributed by atoms with Crippen LogP contribution in [0.2, 0.25) is 0 Å². The van der Waals surface area contributed by atoms with Crippen LogP contribution in [0.3, 0.4) is 0 Å². The lowest BCUT2D eigenvalue weighted by molar-refractivity contribution is -0.122. The first-order chi connectivity index (χ1) is 4.63. The topological polar surface area (TPSA) is 49.7 Å². The van der Waals surface area contributed by atoms with Crippen molar-refractivity contribution < 1.29 is 14.9 Å². The summed E-state index contributed by atoms with van der Waals surface area (Å²) in [6.45, 7) is 2.13. The molecule has 0 bridgehead atoms. The molecule has 0 amide bonds. The molecule has 10 heavy (non-hydrogen) atoms. The molecule has 1 rings (SSSR count). The van der Waals surface area contributed by atoms with Crippen LogP contribution in [0.25, 0.3) is 0 Å². The highest BCUT2D eigenvalue weighted by Gasteiger charge is 2.33. The first kappa shape index (κ1) is 8.33. The van der Waals surface area contributed by atoms with Crippen LogP contribution >= 0.6 is 12.6 Å². The summed E-state index contributed by atoms with van der Waals surface area (Å²) in [6, 6.07) is 0. The molecular weight excluding hydrogens is 152 g/mol. The van der Waals surface area contributed by atoms with Gasteiger partial charge in [-0.1, -0.05) is 0 Å². The summed E-state index contributed by atoms with van der Waals surface area (Å²) in [5.74, 6) is 0. The Balaban J connectivity index is 2.52. The van der Waals surface area contributed by atoms with E-state index in [9.17, 15) is 10.2 Å². The average molecular weight is 164 g/mol. The van der Waals surface area contributed by atoms with Gasteiger partial charge in [-0.2, -0.15) is 12.6 Å². The van der Waals surface area contributed by atoms with E-state index in [1.807, 2.05) is 0 Å². The van der Waals surface area contributed by atoms with Crippen LogP contribution in [-0.4, -0.2) is 40.4 Å². The fourth-order valence-electron chi connectivity index (χ4n) is 0.953. The van der Waals surface area contributed by atoms with Gasteiger partial charge in [0.2, 0.25) is 0 Å². The zero-order chi connectivity index (χ0) is 7.72. The normalized spacial score (nSPS) is 49.2. The number of hydrogen-bond acceptors (Lipinski definition) is 4. The van der Waals surface area contributed by atoms with Crippen molar-refractivity contribution in [1.29, 1.82) is 0 Å². The Bertz CT molecular complexity index is 106. The first-order valence-corrected chi connectivity index (χ1v) is 3.80. The summed E-state index contributed by atoms with van der Waals surface area (Å²) in [4.78, 5) is 0. The molecule has 0 aliphatic carbocycles. The minimum absolute atomic E-state index is 0.258. The van der Waals surface area contributed by atoms with Crippen molar-refractivity contribution in [3.05, 3.63) is 0 Å². The Morgan fingerprint density at radius 3 is 2.50 bits per heavy atom. The molecule has 1 aliphatic rings. The third-order valence-corrected chi connectivity index (χ3v) is 2.21. The first-order valence-electron chi connectivity index (χ1n) is 3.28. The van der Waals surface area contributed by atoms with Crippen molar-refractivity contribution in [1.82, 2.24) is 0 Å². The lowest BCUT2D eigenvalue weighted by atomic mass is 10.0. The standard InChI is InChI=1S/C6H12O3S/c1-3-5(7)6(8)4(10)2-9-3/h3-8,10H,2H2,1H3/t3-,4+,5+,6-/m1/s1. The van der Waals surface area contributed by atoms with Gasteiger partial charge in [-0.05, 0) is 6.92 Å². The Hall–Kier alpha value is 0.230. The Morgan fingerprint density at radius 2 is 2.00 bits per heavy atom. The maximum Gasteiger partial charge on any atom is 0.107 e. The van der Waals surface area contributed by atoms with Crippen LogP contribution in [0.5, 0.6) is 0 Å². The highest BCUT2D eigenvalue weighted by atomic mass is 32.1. The molecule has 4 atom stereocenters. The second kappa shape index (κ2) is 3.09. The van der Waals surface area contributed by atoms with Gasteiger partial charge in [0, 0.05) is 0 Å². The minimum atomic E-state index is -0.795. The van der Waals surface area contributed by atoms with E-state index in [1.54, 1.807) is 6.92 Å². The maximum absolute atomic E-state index is 9.21. The van der Waals surface area contributed by atoms with Gasteiger partial charge in [0.05, 0.1) is 24.1 Å². The van der Waals surface area contributed by atoms with E-state index in [-0.39, 0.29) is 11.4 Å². The zero-order valence-corrected chi connectivity index (χ0v) is 6.66. The lowest BCUT2D eigenvalue weighted by Gasteiger charge is -2.33. The summed E-state index contributed by atoms with van der Waals surface area (Å²) in [7, 11) is 0. The molecule has 0 saturated carbocycles. The fraction of sp³-hybridized carbons (Fsp3) is 1.00. The second-order valence-corrected chi connectivity index (χ2v) is 3.25. The predicted molar refractivity (Wildman–Crippen MR) is 40.2 cm³/mol. The Kier molecular flexibility index (Phi) is 2.57. The summed E-state index contributed by atoms with van der Waals surface area (Å²) in [6.07, 6.45) is -1.83. The van der Waals surface area contributed by atoms with Crippen molar-refractivity contribution in [2.75, 3.05) is 6.61 Å². The van der Waals surface area contributed by atoms with E-state index in [0.29, 0.717) is 6.61 Å². The zero-order valence-electron chi connectivity index (χ0n) is 5.77. The van der Waals surface area contributed by atoms with Gasteiger partial charge in [-0.15, -0.1) is 0 Å². The van der Waals surface area contributed by atoms with E-state index >= 15 is 0 Å². The third-order valence-electron chi connectivity index (χ3n) is 1.75. The molecule has 1 aliphatic heterocycles. The van der Waals surface area contributed by atoms with Gasteiger partial charge >= 0.3 is 0 Å². The van der Waals surface area contributed by atoms with E-state index in [2.05, 4.69) is 12.6 Å². The molecule has 0 spiro atoms. The highest BCUT2D eigenvalue weighted by Crippen LogP contribution is 2.18. The third kappa shape index (κ3) is 1.45. The Morgan fingerprint density at radius 1 is 1.40 bits per heavy atom.